The van der Waals surface area contributed by atoms with Crippen LogP contribution in [0.25, 0.3) is 6.08 Å². The number of hydrogen-bond acceptors (Lipinski definition) is 4. The number of rotatable bonds is 4. The minimum atomic E-state index is -0.419. The van der Waals surface area contributed by atoms with E-state index in [1.807, 2.05) is 0 Å². The van der Waals surface area contributed by atoms with E-state index in [2.05, 4.69) is 5.32 Å². The summed E-state index contributed by atoms with van der Waals surface area (Å²) in [5.41, 5.74) is 2.05. The Morgan fingerprint density at radius 3 is 2.58 bits per heavy atom. The van der Waals surface area contributed by atoms with E-state index in [0.717, 1.165) is 36.1 Å². The van der Waals surface area contributed by atoms with Gasteiger partial charge in [-0.25, -0.2) is 4.79 Å². The molecule has 1 heterocycles. The van der Waals surface area contributed by atoms with Crippen molar-refractivity contribution in [1.29, 1.82) is 0 Å². The summed E-state index contributed by atoms with van der Waals surface area (Å²) >= 11 is 13.6. The molecule has 1 aromatic heterocycles. The van der Waals surface area contributed by atoms with Crippen LogP contribution in [0.3, 0.4) is 0 Å². The number of esters is 1. The van der Waals surface area contributed by atoms with Gasteiger partial charge in [-0.2, -0.15) is 0 Å². The highest BCUT2D eigenvalue weighted by Gasteiger charge is 2.26. The molecule has 0 saturated heterocycles. The largest absolute Gasteiger partial charge is 0.465 e. The number of ether oxygens (including phenoxy) is 1. The lowest BCUT2D eigenvalue weighted by atomic mass is 9.95. The van der Waals surface area contributed by atoms with Gasteiger partial charge >= 0.3 is 5.97 Å². The van der Waals surface area contributed by atoms with Crippen molar-refractivity contribution in [3.8, 4) is 0 Å². The van der Waals surface area contributed by atoms with Gasteiger partial charge in [-0.1, -0.05) is 29.3 Å². The first-order valence-electron chi connectivity index (χ1n) is 8.17. The van der Waals surface area contributed by atoms with Crippen LogP contribution in [0.15, 0.2) is 24.3 Å². The fraction of sp³-hybridized carbons (Fsp3) is 0.263. The number of carbonyl (C=O) groups is 2. The van der Waals surface area contributed by atoms with Crippen molar-refractivity contribution in [3.05, 3.63) is 55.9 Å². The lowest BCUT2D eigenvalue weighted by Crippen LogP contribution is -2.13. The SMILES string of the molecule is COC(=O)c1c(NC(=O)C=Cc2c(Cl)cccc2Cl)sc2c1CCCC2. The van der Waals surface area contributed by atoms with Gasteiger partial charge in [-0.15, -0.1) is 11.3 Å². The van der Waals surface area contributed by atoms with Gasteiger partial charge in [-0.3, -0.25) is 4.79 Å². The molecule has 0 spiro atoms. The minimum Gasteiger partial charge on any atom is -0.465 e. The molecule has 7 heteroatoms. The summed E-state index contributed by atoms with van der Waals surface area (Å²) in [6, 6.07) is 5.14. The van der Waals surface area contributed by atoms with Crippen LogP contribution >= 0.6 is 34.5 Å². The maximum Gasteiger partial charge on any atom is 0.341 e. The van der Waals surface area contributed by atoms with Crippen LogP contribution in [-0.4, -0.2) is 19.0 Å². The number of methoxy groups -OCH3 is 1. The monoisotopic (exact) mass is 409 g/mol. The third-order valence-electron chi connectivity index (χ3n) is 4.20. The second-order valence-corrected chi connectivity index (χ2v) is 7.78. The highest BCUT2D eigenvalue weighted by molar-refractivity contribution is 7.17. The number of benzene rings is 1. The third-order valence-corrected chi connectivity index (χ3v) is 6.07. The number of carbonyl (C=O) groups excluding carboxylic acids is 2. The Bertz CT molecular complexity index is 869. The van der Waals surface area contributed by atoms with Crippen LogP contribution in [-0.2, 0) is 22.4 Å². The molecule has 4 nitrogen and oxygen atoms in total. The minimum absolute atomic E-state index is 0.357. The molecule has 0 saturated carbocycles. The van der Waals surface area contributed by atoms with Crippen LogP contribution in [0.1, 0.15) is 39.2 Å². The molecule has 0 unspecified atom stereocenters. The molecule has 3 rings (SSSR count). The van der Waals surface area contributed by atoms with Gasteiger partial charge in [0.05, 0.1) is 12.7 Å². The van der Waals surface area contributed by atoms with E-state index in [1.165, 1.54) is 24.5 Å². The van der Waals surface area contributed by atoms with E-state index in [1.54, 1.807) is 24.3 Å². The van der Waals surface area contributed by atoms with E-state index in [0.29, 0.717) is 26.2 Å². The van der Waals surface area contributed by atoms with Gasteiger partial charge in [0.25, 0.3) is 0 Å². The molecule has 2 aromatic rings. The summed E-state index contributed by atoms with van der Waals surface area (Å²) in [7, 11) is 1.35. The molecule has 1 aliphatic carbocycles. The van der Waals surface area contributed by atoms with Crippen molar-refractivity contribution >= 4 is 57.5 Å². The standard InChI is InChI=1S/C19H17Cl2NO3S/c1-25-19(24)17-12-5-2-3-8-15(12)26-18(17)22-16(23)10-9-11-13(20)6-4-7-14(11)21/h4,6-7,9-10H,2-3,5,8H2,1H3,(H,22,23). The van der Waals surface area contributed by atoms with Gasteiger partial charge in [0.2, 0.25) is 5.91 Å². The average Bonchev–Trinajstić information content (AvgIpc) is 2.98. The Labute approximate surface area is 165 Å². The maximum atomic E-state index is 12.4. The van der Waals surface area contributed by atoms with Crippen molar-refractivity contribution in [1.82, 2.24) is 0 Å². The number of halogens is 2. The van der Waals surface area contributed by atoms with Gasteiger partial charge in [0, 0.05) is 26.6 Å². The number of aryl methyl sites for hydroxylation is 1. The molecule has 0 atom stereocenters. The number of thiophene rings is 1. The van der Waals surface area contributed by atoms with Crippen molar-refractivity contribution in [2.45, 2.75) is 25.7 Å². The summed E-state index contributed by atoms with van der Waals surface area (Å²) in [6.07, 6.45) is 6.79. The third kappa shape index (κ3) is 3.95. The van der Waals surface area contributed by atoms with Crippen molar-refractivity contribution in [2.24, 2.45) is 0 Å². The lowest BCUT2D eigenvalue weighted by molar-refractivity contribution is -0.111. The smallest absolute Gasteiger partial charge is 0.341 e. The predicted molar refractivity (Wildman–Crippen MR) is 106 cm³/mol. The van der Waals surface area contributed by atoms with Gasteiger partial charge in [0.15, 0.2) is 0 Å². The fourth-order valence-corrected chi connectivity index (χ4v) is 4.76. The summed E-state index contributed by atoms with van der Waals surface area (Å²) in [6.45, 7) is 0. The molecule has 26 heavy (non-hydrogen) atoms. The molecule has 1 N–H and O–H groups in total. The Morgan fingerprint density at radius 2 is 1.88 bits per heavy atom. The fourth-order valence-electron chi connectivity index (χ4n) is 2.95. The Hall–Kier alpha value is -1.82. The highest BCUT2D eigenvalue weighted by atomic mass is 35.5. The molecule has 1 amide bonds. The molecular formula is C19H17Cl2NO3S. The quantitative estimate of drug-likeness (QED) is 0.545. The average molecular weight is 410 g/mol. The van der Waals surface area contributed by atoms with Crippen LogP contribution in [0.4, 0.5) is 5.00 Å². The molecule has 136 valence electrons. The number of fused-ring (bicyclic) bond motifs is 1. The van der Waals surface area contributed by atoms with Crippen molar-refractivity contribution in [2.75, 3.05) is 12.4 Å². The zero-order valence-corrected chi connectivity index (χ0v) is 16.4. The first kappa shape index (κ1) is 19.0. The number of amides is 1. The van der Waals surface area contributed by atoms with E-state index >= 15 is 0 Å². The van der Waals surface area contributed by atoms with Crippen molar-refractivity contribution in [3.63, 3.8) is 0 Å². The topological polar surface area (TPSA) is 55.4 Å². The molecule has 0 radical (unpaired) electrons. The van der Waals surface area contributed by atoms with Gasteiger partial charge in [0.1, 0.15) is 5.00 Å². The van der Waals surface area contributed by atoms with Crippen LogP contribution in [0.2, 0.25) is 10.0 Å². The first-order valence-corrected chi connectivity index (χ1v) is 9.74. The Kier molecular flexibility index (Phi) is 6.01. The van der Waals surface area contributed by atoms with Crippen LogP contribution < -0.4 is 5.32 Å². The van der Waals surface area contributed by atoms with Crippen molar-refractivity contribution < 1.29 is 14.3 Å². The predicted octanol–water partition coefficient (Wildman–Crippen LogP) is 5.37. The molecule has 0 aliphatic heterocycles. The summed E-state index contributed by atoms with van der Waals surface area (Å²) < 4.78 is 4.91. The summed E-state index contributed by atoms with van der Waals surface area (Å²) in [4.78, 5) is 25.7. The zero-order chi connectivity index (χ0) is 18.7. The van der Waals surface area contributed by atoms with Gasteiger partial charge < -0.3 is 10.1 Å². The first-order chi connectivity index (χ1) is 12.5. The molecule has 0 bridgehead atoms. The van der Waals surface area contributed by atoms with E-state index < -0.39 is 5.97 Å². The molecular weight excluding hydrogens is 393 g/mol. The lowest BCUT2D eigenvalue weighted by Gasteiger charge is -2.11. The van der Waals surface area contributed by atoms with Gasteiger partial charge in [-0.05, 0) is 49.5 Å². The normalized spacial score (nSPS) is 13.5. The summed E-state index contributed by atoms with van der Waals surface area (Å²) in [5.74, 6) is -0.775. The van der Waals surface area contributed by atoms with E-state index in [-0.39, 0.29) is 5.91 Å². The number of hydrogen-bond donors (Lipinski definition) is 1. The second-order valence-electron chi connectivity index (χ2n) is 5.86. The Balaban J connectivity index is 1.84. The highest BCUT2D eigenvalue weighted by Crippen LogP contribution is 2.38. The maximum absolute atomic E-state index is 12.4. The Morgan fingerprint density at radius 1 is 1.19 bits per heavy atom. The van der Waals surface area contributed by atoms with Crippen LogP contribution in [0.5, 0.6) is 0 Å². The van der Waals surface area contributed by atoms with E-state index in [4.69, 9.17) is 27.9 Å². The van der Waals surface area contributed by atoms with Crippen LogP contribution in [0, 0.1) is 0 Å². The summed E-state index contributed by atoms with van der Waals surface area (Å²) in [5, 5.41) is 4.25. The molecule has 1 aliphatic rings. The molecule has 1 aromatic carbocycles. The zero-order valence-electron chi connectivity index (χ0n) is 14.1. The number of anilines is 1. The second kappa shape index (κ2) is 8.25. The van der Waals surface area contributed by atoms with E-state index in [9.17, 15) is 9.59 Å². The molecule has 0 fully saturated rings. The number of nitrogens with one attached hydrogen (secondary N) is 1.